The van der Waals surface area contributed by atoms with Gasteiger partial charge in [0.2, 0.25) is 17.7 Å². The molecule has 0 aromatic carbocycles. The fourth-order valence-electron chi connectivity index (χ4n) is 3.10. The molecule has 10 nitrogen and oxygen atoms in total. The molecule has 0 bridgehead atoms. The van der Waals surface area contributed by atoms with Crippen molar-refractivity contribution in [3.8, 4) is 0 Å². The van der Waals surface area contributed by atoms with Crippen LogP contribution in [0.1, 0.15) is 54.4 Å². The predicted molar refractivity (Wildman–Crippen MR) is 147 cm³/mol. The summed E-state index contributed by atoms with van der Waals surface area (Å²) >= 11 is 0. The highest BCUT2D eigenvalue weighted by atomic mass is 33.1. The number of nitrogens with one attached hydrogen (secondary N) is 4. The Bertz CT molecular complexity index is 862. The molecule has 37 heavy (non-hydrogen) atoms. The zero-order chi connectivity index (χ0) is 28.0. The van der Waals surface area contributed by atoms with Gasteiger partial charge in [0, 0.05) is 17.5 Å². The van der Waals surface area contributed by atoms with Crippen LogP contribution < -0.4 is 21.3 Å². The van der Waals surface area contributed by atoms with Crippen LogP contribution >= 0.6 is 21.6 Å². The Morgan fingerprint density at radius 1 is 1.14 bits per heavy atom. The lowest BCUT2D eigenvalue weighted by Crippen LogP contribution is -2.56. The first-order valence-electron chi connectivity index (χ1n) is 12.4. The van der Waals surface area contributed by atoms with E-state index in [4.69, 9.17) is 4.74 Å². The zero-order valence-corrected chi connectivity index (χ0v) is 24.0. The van der Waals surface area contributed by atoms with Crippen LogP contribution in [0.15, 0.2) is 23.9 Å². The van der Waals surface area contributed by atoms with Crippen LogP contribution in [0.3, 0.4) is 0 Å². The van der Waals surface area contributed by atoms with Crippen molar-refractivity contribution in [2.24, 2.45) is 11.8 Å². The molecule has 1 aliphatic heterocycles. The largest absolute Gasteiger partial charge is 0.460 e. The maximum absolute atomic E-state index is 13.2. The summed E-state index contributed by atoms with van der Waals surface area (Å²) in [7, 11) is 2.93. The SMILES string of the molecule is CC=C(NC(=O)C1CSSCCC=CC(OC=O)CC(=O)NC(C(C)C)C(=O)N1)C(=O)NC(C)C(C)C. The van der Waals surface area contributed by atoms with Gasteiger partial charge in [0.1, 0.15) is 23.9 Å². The number of carbonyl (C=O) groups is 5. The monoisotopic (exact) mass is 556 g/mol. The van der Waals surface area contributed by atoms with Gasteiger partial charge in [0.25, 0.3) is 12.4 Å². The summed E-state index contributed by atoms with van der Waals surface area (Å²) in [5.74, 6) is -1.03. The van der Waals surface area contributed by atoms with E-state index < -0.39 is 41.8 Å². The first-order chi connectivity index (χ1) is 17.5. The van der Waals surface area contributed by atoms with Crippen molar-refractivity contribution in [2.45, 2.75) is 78.6 Å². The van der Waals surface area contributed by atoms with Crippen molar-refractivity contribution in [1.29, 1.82) is 0 Å². The number of allylic oxidation sites excluding steroid dienone is 2. The minimum absolute atomic E-state index is 0.0922. The molecule has 4 N–H and O–H groups in total. The molecule has 0 fully saturated rings. The Kier molecular flexibility index (Phi) is 15.1. The Morgan fingerprint density at radius 2 is 1.84 bits per heavy atom. The van der Waals surface area contributed by atoms with Crippen molar-refractivity contribution in [3.63, 3.8) is 0 Å². The number of rotatable bonds is 8. The quantitative estimate of drug-likeness (QED) is 0.154. The average Bonchev–Trinajstić information content (AvgIpc) is 2.83. The summed E-state index contributed by atoms with van der Waals surface area (Å²) in [6.45, 7) is 11.3. The molecule has 4 amide bonds. The molecule has 0 saturated carbocycles. The van der Waals surface area contributed by atoms with Gasteiger partial charge in [-0.2, -0.15) is 0 Å². The summed E-state index contributed by atoms with van der Waals surface area (Å²) in [6.07, 6.45) is 4.79. The van der Waals surface area contributed by atoms with Crippen molar-refractivity contribution in [1.82, 2.24) is 21.3 Å². The van der Waals surface area contributed by atoms with E-state index in [-0.39, 0.29) is 35.7 Å². The van der Waals surface area contributed by atoms with Crippen molar-refractivity contribution >= 4 is 51.7 Å². The normalized spacial score (nSPS) is 23.2. The molecule has 0 radical (unpaired) electrons. The van der Waals surface area contributed by atoms with E-state index >= 15 is 0 Å². The van der Waals surface area contributed by atoms with Crippen LogP contribution in [-0.4, -0.2) is 65.8 Å². The molecule has 1 aliphatic rings. The molecule has 0 aromatic heterocycles. The summed E-state index contributed by atoms with van der Waals surface area (Å²) in [5, 5.41) is 10.9. The van der Waals surface area contributed by atoms with Gasteiger partial charge in [-0.05, 0) is 38.2 Å². The Morgan fingerprint density at radius 3 is 2.43 bits per heavy atom. The summed E-state index contributed by atoms with van der Waals surface area (Å²) in [4.78, 5) is 62.4. The molecular weight excluding hydrogens is 516 g/mol. The van der Waals surface area contributed by atoms with E-state index in [0.717, 1.165) is 0 Å². The van der Waals surface area contributed by atoms with E-state index in [1.54, 1.807) is 26.8 Å². The second kappa shape index (κ2) is 17.1. The Labute approximate surface area is 227 Å². The lowest BCUT2D eigenvalue weighted by Gasteiger charge is -2.26. The standard InChI is InChI=1S/C25H40N4O6S2/c1-7-19(23(32)26-17(6)15(2)3)27-24(33)20-13-37-36-11-9-8-10-18(35-14-30)12-21(31)29-22(16(4)5)25(34)28-20/h7-8,10,14-18,20,22H,9,11-13H2,1-6H3,(H,26,32)(H,27,33)(H,28,34)(H,29,31). The number of carbonyl (C=O) groups excluding carboxylic acids is 5. The third-order valence-corrected chi connectivity index (χ3v) is 8.15. The Hall–Kier alpha value is -2.47. The molecule has 208 valence electrons. The summed E-state index contributed by atoms with van der Waals surface area (Å²) in [6, 6.07) is -1.95. The third-order valence-electron chi connectivity index (χ3n) is 5.70. The van der Waals surface area contributed by atoms with Gasteiger partial charge in [-0.1, -0.05) is 61.4 Å². The van der Waals surface area contributed by atoms with Gasteiger partial charge in [-0.3, -0.25) is 24.0 Å². The molecule has 4 atom stereocenters. The summed E-state index contributed by atoms with van der Waals surface area (Å²) in [5.41, 5.74) is 0.0976. The third kappa shape index (κ3) is 12.1. The lowest BCUT2D eigenvalue weighted by atomic mass is 10.0. The van der Waals surface area contributed by atoms with Crippen molar-refractivity contribution in [3.05, 3.63) is 23.9 Å². The molecule has 12 heteroatoms. The van der Waals surface area contributed by atoms with Crippen molar-refractivity contribution in [2.75, 3.05) is 11.5 Å². The van der Waals surface area contributed by atoms with E-state index in [1.165, 1.54) is 27.7 Å². The second-order valence-corrected chi connectivity index (χ2v) is 12.0. The maximum Gasteiger partial charge on any atom is 0.293 e. The van der Waals surface area contributed by atoms with Gasteiger partial charge < -0.3 is 26.0 Å². The first kappa shape index (κ1) is 32.6. The number of ether oxygens (including phenoxy) is 1. The molecule has 0 saturated heterocycles. The van der Waals surface area contributed by atoms with Crippen LogP contribution in [0.4, 0.5) is 0 Å². The highest BCUT2D eigenvalue weighted by Crippen LogP contribution is 2.23. The lowest BCUT2D eigenvalue weighted by molar-refractivity contribution is -0.136. The minimum Gasteiger partial charge on any atom is -0.460 e. The average molecular weight is 557 g/mol. The smallest absolute Gasteiger partial charge is 0.293 e. The fourth-order valence-corrected chi connectivity index (χ4v) is 5.25. The number of amides is 4. The van der Waals surface area contributed by atoms with Crippen LogP contribution in [0.2, 0.25) is 0 Å². The zero-order valence-electron chi connectivity index (χ0n) is 22.4. The topological polar surface area (TPSA) is 143 Å². The van der Waals surface area contributed by atoms with Crippen LogP contribution in [-0.2, 0) is 28.7 Å². The van der Waals surface area contributed by atoms with Crippen LogP contribution in [0, 0.1) is 11.8 Å². The molecule has 4 unspecified atom stereocenters. The van der Waals surface area contributed by atoms with Gasteiger partial charge in [0.15, 0.2) is 0 Å². The van der Waals surface area contributed by atoms with Crippen LogP contribution in [0.5, 0.6) is 0 Å². The highest BCUT2D eigenvalue weighted by molar-refractivity contribution is 8.76. The fraction of sp³-hybridized carbons (Fsp3) is 0.640. The Balaban J connectivity index is 3.07. The molecular formula is C25H40N4O6S2. The molecule has 1 heterocycles. The number of hydrogen-bond donors (Lipinski definition) is 4. The first-order valence-corrected chi connectivity index (χ1v) is 14.9. The molecule has 0 aliphatic carbocycles. The van der Waals surface area contributed by atoms with E-state index in [0.29, 0.717) is 18.6 Å². The van der Waals surface area contributed by atoms with Gasteiger partial charge in [-0.25, -0.2) is 0 Å². The minimum atomic E-state index is -0.944. The highest BCUT2D eigenvalue weighted by Gasteiger charge is 2.30. The predicted octanol–water partition coefficient (Wildman–Crippen LogP) is 2.07. The molecule has 1 rings (SSSR count). The van der Waals surface area contributed by atoms with E-state index in [1.807, 2.05) is 26.8 Å². The van der Waals surface area contributed by atoms with Gasteiger partial charge in [0.05, 0.1) is 6.42 Å². The van der Waals surface area contributed by atoms with E-state index in [2.05, 4.69) is 21.3 Å². The number of hydrogen-bond acceptors (Lipinski definition) is 8. The molecule has 0 aromatic rings. The van der Waals surface area contributed by atoms with Gasteiger partial charge >= 0.3 is 0 Å². The van der Waals surface area contributed by atoms with Crippen molar-refractivity contribution < 1.29 is 28.7 Å². The second-order valence-electron chi connectivity index (χ2n) is 9.35. The van der Waals surface area contributed by atoms with Gasteiger partial charge in [-0.15, -0.1) is 0 Å². The van der Waals surface area contributed by atoms with Crippen LogP contribution in [0.25, 0.3) is 0 Å². The molecule has 0 spiro atoms. The maximum atomic E-state index is 13.2. The summed E-state index contributed by atoms with van der Waals surface area (Å²) < 4.78 is 4.98. The van der Waals surface area contributed by atoms with E-state index in [9.17, 15) is 24.0 Å².